The highest BCUT2D eigenvalue weighted by Crippen LogP contribution is 2.49. The van der Waals surface area contributed by atoms with Gasteiger partial charge in [0, 0.05) is 42.1 Å². The molecule has 0 spiro atoms. The van der Waals surface area contributed by atoms with Crippen LogP contribution >= 0.6 is 0 Å². The molecule has 0 bridgehead atoms. The van der Waals surface area contributed by atoms with E-state index in [0.717, 1.165) is 45.4 Å². The van der Waals surface area contributed by atoms with Crippen LogP contribution in [0.2, 0.25) is 0 Å². The Labute approximate surface area is 246 Å². The molecular weight excluding hydrogens is 550 g/mol. The lowest BCUT2D eigenvalue weighted by molar-refractivity contribution is -0.384. The number of benzene rings is 3. The fraction of sp³-hybridized carbons (Fsp3) is 0.333. The van der Waals surface area contributed by atoms with Crippen LogP contribution < -0.4 is 4.90 Å². The number of nitrogens with zero attached hydrogens (tertiary/aromatic N) is 3. The fourth-order valence-corrected chi connectivity index (χ4v) is 8.21. The molecule has 2 unspecified atom stereocenters. The Bertz CT molecular complexity index is 1820. The van der Waals surface area contributed by atoms with Crippen molar-refractivity contribution in [1.82, 2.24) is 4.57 Å². The number of nitro groups is 1. The maximum absolute atomic E-state index is 13.4. The lowest BCUT2D eigenvalue weighted by Gasteiger charge is -2.35. The maximum Gasteiger partial charge on any atom is 0.269 e. The molecule has 1 fully saturated rings. The van der Waals surface area contributed by atoms with E-state index in [1.54, 1.807) is 18.2 Å². The van der Waals surface area contributed by atoms with Gasteiger partial charge in [0.25, 0.3) is 5.69 Å². The number of anilines is 1. The molecule has 2 atom stereocenters. The predicted octanol–water partition coefficient (Wildman–Crippen LogP) is 6.91. The van der Waals surface area contributed by atoms with E-state index in [0.29, 0.717) is 17.7 Å². The molecule has 6 rings (SSSR count). The molecule has 8 nitrogen and oxygen atoms in total. The van der Waals surface area contributed by atoms with E-state index in [1.807, 2.05) is 38.2 Å². The first-order chi connectivity index (χ1) is 20.0. The predicted molar refractivity (Wildman–Crippen MR) is 166 cm³/mol. The van der Waals surface area contributed by atoms with Gasteiger partial charge in [0.1, 0.15) is 12.3 Å². The minimum absolute atomic E-state index is 0.0488. The molecule has 1 aromatic heterocycles. The third-order valence-electron chi connectivity index (χ3n) is 8.66. The van der Waals surface area contributed by atoms with E-state index in [1.165, 1.54) is 12.1 Å². The third-order valence-corrected chi connectivity index (χ3v) is 10.5. The number of fused-ring (bicyclic) bond motifs is 4. The quantitative estimate of drug-likeness (QED) is 0.165. The number of unbranched alkanes of at least 4 members (excludes halogenated alkanes) is 1. The van der Waals surface area contributed by atoms with Gasteiger partial charge >= 0.3 is 0 Å². The van der Waals surface area contributed by atoms with E-state index >= 15 is 0 Å². The van der Waals surface area contributed by atoms with Gasteiger partial charge < -0.3 is 14.2 Å². The zero-order valence-corrected chi connectivity index (χ0v) is 25.1. The average Bonchev–Trinajstić information content (AvgIpc) is 3.57. The molecule has 4 aromatic rings. The number of nitro benzene ring substituents is 1. The summed E-state index contributed by atoms with van der Waals surface area (Å²) in [4.78, 5) is 13.4. The fourth-order valence-electron chi connectivity index (χ4n) is 6.51. The largest absolute Gasteiger partial charge is 0.348 e. The van der Waals surface area contributed by atoms with Crippen LogP contribution in [0.25, 0.3) is 28.2 Å². The summed E-state index contributed by atoms with van der Waals surface area (Å²) in [5.74, 6) is 0.135. The van der Waals surface area contributed by atoms with Crippen molar-refractivity contribution in [2.24, 2.45) is 7.05 Å². The van der Waals surface area contributed by atoms with E-state index in [-0.39, 0.29) is 23.8 Å². The molecule has 9 heteroatoms. The van der Waals surface area contributed by atoms with Gasteiger partial charge in [-0.2, -0.15) is 0 Å². The second-order valence-corrected chi connectivity index (χ2v) is 13.8. The molecule has 0 amide bonds. The number of hydrogen-bond donors (Lipinski definition) is 0. The number of rotatable bonds is 8. The Kier molecular flexibility index (Phi) is 6.98. The Morgan fingerprint density at radius 3 is 2.52 bits per heavy atom. The number of aromatic nitrogens is 1. The molecule has 1 saturated heterocycles. The molecular formula is C33H35N3O5S. The second-order valence-electron chi connectivity index (χ2n) is 11.7. The SMILES string of the molecule is CCCCS(=O)(=O)c1cccc2c1N1C(C2)OC(C=Cc2c(-c3ccc([N+](=O)[O-])cc3)n(C)c3ccccc23)C1(C)C. The van der Waals surface area contributed by atoms with Crippen LogP contribution in [-0.2, 0) is 28.0 Å². The highest BCUT2D eigenvalue weighted by atomic mass is 32.2. The first-order valence-corrected chi connectivity index (χ1v) is 16.0. The normalized spacial score (nSPS) is 19.5. The monoisotopic (exact) mass is 585 g/mol. The molecule has 218 valence electrons. The van der Waals surface area contributed by atoms with Crippen LogP contribution in [-0.4, -0.2) is 41.5 Å². The topological polar surface area (TPSA) is 94.7 Å². The van der Waals surface area contributed by atoms with Gasteiger partial charge in [-0.1, -0.05) is 55.8 Å². The van der Waals surface area contributed by atoms with Crippen molar-refractivity contribution in [2.75, 3.05) is 10.7 Å². The maximum atomic E-state index is 13.4. The van der Waals surface area contributed by atoms with Gasteiger partial charge in [-0.3, -0.25) is 10.1 Å². The van der Waals surface area contributed by atoms with E-state index in [2.05, 4.69) is 47.6 Å². The first kappa shape index (κ1) is 28.2. The zero-order valence-electron chi connectivity index (χ0n) is 24.3. The molecule has 2 aliphatic rings. The number of para-hydroxylation sites is 2. The molecule has 0 radical (unpaired) electrons. The molecule has 42 heavy (non-hydrogen) atoms. The van der Waals surface area contributed by atoms with Gasteiger partial charge in [0.15, 0.2) is 9.84 Å². The van der Waals surface area contributed by atoms with Crippen molar-refractivity contribution in [1.29, 1.82) is 0 Å². The summed E-state index contributed by atoms with van der Waals surface area (Å²) in [7, 11) is -1.44. The third kappa shape index (κ3) is 4.51. The Morgan fingerprint density at radius 1 is 1.07 bits per heavy atom. The summed E-state index contributed by atoms with van der Waals surface area (Å²) in [5.41, 5.74) is 5.19. The van der Waals surface area contributed by atoms with Gasteiger partial charge in [-0.15, -0.1) is 0 Å². The van der Waals surface area contributed by atoms with Crippen molar-refractivity contribution >= 4 is 38.2 Å². The highest BCUT2D eigenvalue weighted by Gasteiger charge is 2.52. The standard InChI is InChI=1S/C33H35N3O5S/c1-5-6-20-42(39,40)28-13-9-10-23-21-30-35(32(23)28)33(2,3)29(41-30)19-18-26-25-11-7-8-12-27(25)34(4)31(26)22-14-16-24(17-15-22)36(37)38/h7-19,29-30H,5-6,20-21H2,1-4H3. The molecule has 0 N–H and O–H groups in total. The van der Waals surface area contributed by atoms with Crippen LogP contribution in [0, 0.1) is 10.1 Å². The molecule has 3 heterocycles. The zero-order chi connectivity index (χ0) is 29.8. The van der Waals surface area contributed by atoms with Crippen molar-refractivity contribution < 1.29 is 18.1 Å². The van der Waals surface area contributed by atoms with Crippen LogP contribution in [0.15, 0.2) is 77.7 Å². The summed E-state index contributed by atoms with van der Waals surface area (Å²) in [6.45, 7) is 6.21. The van der Waals surface area contributed by atoms with Crippen molar-refractivity contribution in [2.45, 2.75) is 62.8 Å². The van der Waals surface area contributed by atoms with Crippen LogP contribution in [0.3, 0.4) is 0 Å². The molecule has 0 aliphatic carbocycles. The van der Waals surface area contributed by atoms with E-state index in [9.17, 15) is 18.5 Å². The minimum Gasteiger partial charge on any atom is -0.348 e. The van der Waals surface area contributed by atoms with Crippen molar-refractivity contribution in [3.05, 3.63) is 94.0 Å². The van der Waals surface area contributed by atoms with Crippen LogP contribution in [0.5, 0.6) is 0 Å². The van der Waals surface area contributed by atoms with Crippen molar-refractivity contribution in [3.63, 3.8) is 0 Å². The summed E-state index contributed by atoms with van der Waals surface area (Å²) in [6.07, 6.45) is 5.67. The van der Waals surface area contributed by atoms with Gasteiger partial charge in [0.2, 0.25) is 0 Å². The van der Waals surface area contributed by atoms with Crippen molar-refractivity contribution in [3.8, 4) is 11.3 Å². The Hall–Kier alpha value is -3.95. The van der Waals surface area contributed by atoms with Gasteiger partial charge in [0.05, 0.1) is 32.5 Å². The average molecular weight is 586 g/mol. The van der Waals surface area contributed by atoms with Gasteiger partial charge in [-0.25, -0.2) is 8.42 Å². The summed E-state index contributed by atoms with van der Waals surface area (Å²) >= 11 is 0. The molecule has 3 aromatic carbocycles. The van der Waals surface area contributed by atoms with Crippen LogP contribution in [0.4, 0.5) is 11.4 Å². The first-order valence-electron chi connectivity index (χ1n) is 14.3. The van der Waals surface area contributed by atoms with E-state index < -0.39 is 20.3 Å². The Morgan fingerprint density at radius 2 is 1.81 bits per heavy atom. The number of aryl methyl sites for hydroxylation is 1. The summed E-state index contributed by atoms with van der Waals surface area (Å²) < 4.78 is 35.5. The smallest absolute Gasteiger partial charge is 0.269 e. The van der Waals surface area contributed by atoms with Gasteiger partial charge in [-0.05, 0) is 55.7 Å². The number of hydrogen-bond acceptors (Lipinski definition) is 6. The summed E-state index contributed by atoms with van der Waals surface area (Å²) in [6, 6.07) is 20.3. The lowest BCUT2D eigenvalue weighted by Crippen LogP contribution is -2.46. The highest BCUT2D eigenvalue weighted by molar-refractivity contribution is 7.91. The molecule has 0 saturated carbocycles. The molecule has 2 aliphatic heterocycles. The number of non-ortho nitro benzene ring substituents is 1. The Balaban J connectivity index is 1.39. The van der Waals surface area contributed by atoms with E-state index in [4.69, 9.17) is 4.74 Å². The number of sulfone groups is 1. The van der Waals surface area contributed by atoms with Crippen LogP contribution in [0.1, 0.15) is 44.7 Å². The second kappa shape index (κ2) is 10.4. The minimum atomic E-state index is -3.44. The number of ether oxygens (including phenoxy) is 1. The summed E-state index contributed by atoms with van der Waals surface area (Å²) in [5, 5.41) is 12.3. The lowest BCUT2D eigenvalue weighted by atomic mass is 9.94.